The molecule has 0 saturated carbocycles. The Kier molecular flexibility index (Phi) is 5.21. The lowest BCUT2D eigenvalue weighted by molar-refractivity contribution is -0.255. The Morgan fingerprint density at radius 2 is 1.96 bits per heavy atom. The van der Waals surface area contributed by atoms with E-state index in [9.17, 15) is 13.5 Å². The first-order valence-electron chi connectivity index (χ1n) is 9.27. The molecular weight excluding hydrogens is 390 g/mol. The molecule has 1 atom stereocenters. The van der Waals surface area contributed by atoms with Gasteiger partial charge in [-0.15, -0.1) is 0 Å². The van der Waals surface area contributed by atoms with Crippen LogP contribution in [-0.4, -0.2) is 57.0 Å². The highest BCUT2D eigenvalue weighted by molar-refractivity contribution is 7.91. The highest BCUT2D eigenvalue weighted by atomic mass is 32.2. The van der Waals surface area contributed by atoms with Crippen molar-refractivity contribution in [2.75, 3.05) is 32.2 Å². The van der Waals surface area contributed by atoms with E-state index in [1.54, 1.807) is 19.3 Å². The van der Waals surface area contributed by atoms with Crippen molar-refractivity contribution in [3.05, 3.63) is 22.8 Å². The summed E-state index contributed by atoms with van der Waals surface area (Å²) >= 11 is 0. The molecule has 1 fully saturated rings. The number of halogens is 2. The smallest absolute Gasteiger partial charge is 0.306 e. The van der Waals surface area contributed by atoms with Gasteiger partial charge in [0.1, 0.15) is 15.6 Å². The van der Waals surface area contributed by atoms with Crippen molar-refractivity contribution in [1.82, 2.24) is 4.90 Å². The maximum Gasteiger partial charge on any atom is 0.306 e. The largest absolute Gasteiger partial charge is 0.496 e. The molecule has 1 aromatic carbocycles. The molecule has 1 N–H and O–H groups in total. The number of ether oxygens (including phenoxy) is 1. The Balaban J connectivity index is 2.08. The molecule has 1 aliphatic heterocycles. The van der Waals surface area contributed by atoms with Crippen molar-refractivity contribution in [2.24, 2.45) is 10.9 Å². The van der Waals surface area contributed by atoms with Crippen molar-refractivity contribution >= 4 is 21.9 Å². The number of fused-ring (bicyclic) bond motifs is 1. The van der Waals surface area contributed by atoms with Crippen molar-refractivity contribution in [3.63, 3.8) is 0 Å². The summed E-state index contributed by atoms with van der Waals surface area (Å²) in [6.45, 7) is 4.20. The standard InChI is InChI=1S/C19H26F2N2O4S/c1-5-23(3)11-22-14-10-15(27-4)17-16(12(14)2)19(20,21)18(17,24)13-6-8-28(25,26)9-7-13/h10-11,13,24H,5-9H2,1-4H3/b22-11+/t18-/m1/s1. The molecule has 1 aromatic rings. The van der Waals surface area contributed by atoms with Crippen LogP contribution in [0.4, 0.5) is 14.5 Å². The van der Waals surface area contributed by atoms with E-state index in [0.29, 0.717) is 12.2 Å². The lowest BCUT2D eigenvalue weighted by Crippen LogP contribution is -2.59. The van der Waals surface area contributed by atoms with Crippen LogP contribution in [-0.2, 0) is 21.4 Å². The summed E-state index contributed by atoms with van der Waals surface area (Å²) < 4.78 is 59.2. The summed E-state index contributed by atoms with van der Waals surface area (Å²) in [6, 6.07) is 1.55. The fraction of sp³-hybridized carbons (Fsp3) is 0.632. The van der Waals surface area contributed by atoms with E-state index < -0.39 is 27.3 Å². The molecule has 0 amide bonds. The number of aliphatic hydroxyl groups is 1. The van der Waals surface area contributed by atoms with Gasteiger partial charge in [0.05, 0.1) is 30.6 Å². The normalized spacial score (nSPS) is 26.0. The van der Waals surface area contributed by atoms with Gasteiger partial charge in [-0.1, -0.05) is 0 Å². The van der Waals surface area contributed by atoms with Gasteiger partial charge in [-0.05, 0) is 32.3 Å². The fourth-order valence-corrected chi connectivity index (χ4v) is 5.60. The van der Waals surface area contributed by atoms with E-state index in [1.807, 2.05) is 18.9 Å². The molecule has 1 aliphatic carbocycles. The zero-order valence-corrected chi connectivity index (χ0v) is 17.3. The summed E-state index contributed by atoms with van der Waals surface area (Å²) in [6.07, 6.45) is 1.55. The number of methoxy groups -OCH3 is 1. The third kappa shape index (κ3) is 2.99. The minimum Gasteiger partial charge on any atom is -0.496 e. The molecule has 2 aliphatic rings. The summed E-state index contributed by atoms with van der Waals surface area (Å²) in [5, 5.41) is 11.1. The summed E-state index contributed by atoms with van der Waals surface area (Å²) in [4.78, 5) is 6.10. The van der Waals surface area contributed by atoms with Gasteiger partial charge < -0.3 is 14.7 Å². The molecule has 0 aromatic heterocycles. The molecule has 6 nitrogen and oxygen atoms in total. The van der Waals surface area contributed by atoms with Crippen molar-refractivity contribution < 1.29 is 27.0 Å². The average molecular weight is 416 g/mol. The second-order valence-electron chi connectivity index (χ2n) is 7.56. The van der Waals surface area contributed by atoms with Crippen LogP contribution in [0.15, 0.2) is 11.1 Å². The van der Waals surface area contributed by atoms with Crippen LogP contribution < -0.4 is 4.74 Å². The van der Waals surface area contributed by atoms with Crippen LogP contribution in [0.2, 0.25) is 0 Å². The topological polar surface area (TPSA) is 79.2 Å². The van der Waals surface area contributed by atoms with E-state index in [1.165, 1.54) is 7.11 Å². The number of benzene rings is 1. The molecule has 0 unspecified atom stereocenters. The molecule has 3 rings (SSSR count). The predicted molar refractivity (Wildman–Crippen MR) is 103 cm³/mol. The Hall–Kier alpha value is -1.74. The summed E-state index contributed by atoms with van der Waals surface area (Å²) in [7, 11) is -0.0534. The molecule has 0 radical (unpaired) electrons. The number of hydrogen-bond donors (Lipinski definition) is 1. The van der Waals surface area contributed by atoms with Crippen LogP contribution in [0.25, 0.3) is 0 Å². The maximum atomic E-state index is 15.3. The second-order valence-corrected chi connectivity index (χ2v) is 9.86. The summed E-state index contributed by atoms with van der Waals surface area (Å²) in [5.41, 5.74) is -2.01. The van der Waals surface area contributed by atoms with Gasteiger partial charge in [-0.2, -0.15) is 8.78 Å². The zero-order valence-electron chi connectivity index (χ0n) is 16.5. The number of alkyl halides is 2. The maximum absolute atomic E-state index is 15.3. The highest BCUT2D eigenvalue weighted by Gasteiger charge is 2.71. The minimum atomic E-state index is -3.51. The number of hydrogen-bond acceptors (Lipinski definition) is 5. The first kappa shape index (κ1) is 21.0. The van der Waals surface area contributed by atoms with Crippen LogP contribution in [0.5, 0.6) is 5.75 Å². The van der Waals surface area contributed by atoms with Gasteiger partial charge in [0.2, 0.25) is 0 Å². The van der Waals surface area contributed by atoms with E-state index in [4.69, 9.17) is 4.74 Å². The van der Waals surface area contributed by atoms with Gasteiger partial charge >= 0.3 is 5.92 Å². The number of aliphatic imine (C=N–C) groups is 1. The monoisotopic (exact) mass is 416 g/mol. The Bertz CT molecular complexity index is 903. The molecule has 9 heteroatoms. The first-order chi connectivity index (χ1) is 13.0. The number of rotatable bonds is 5. The SMILES string of the molecule is CCN(C)/C=N/c1cc(OC)c2c(c1C)C(F)(F)[C@@]2(O)C1CCS(=O)(=O)CC1. The van der Waals surface area contributed by atoms with Crippen LogP contribution in [0.3, 0.4) is 0 Å². The Morgan fingerprint density at radius 3 is 2.50 bits per heavy atom. The Morgan fingerprint density at radius 1 is 1.36 bits per heavy atom. The molecule has 1 saturated heterocycles. The molecule has 28 heavy (non-hydrogen) atoms. The van der Waals surface area contributed by atoms with E-state index >= 15 is 8.78 Å². The quantitative estimate of drug-likeness (QED) is 0.590. The van der Waals surface area contributed by atoms with Crippen LogP contribution >= 0.6 is 0 Å². The van der Waals surface area contributed by atoms with Crippen LogP contribution in [0, 0.1) is 12.8 Å². The molecule has 0 bridgehead atoms. The lowest BCUT2D eigenvalue weighted by atomic mass is 9.60. The van der Waals surface area contributed by atoms with Gasteiger partial charge in [0, 0.05) is 36.7 Å². The number of sulfone groups is 1. The van der Waals surface area contributed by atoms with Crippen molar-refractivity contribution in [2.45, 2.75) is 38.2 Å². The molecular formula is C19H26F2N2O4S. The third-order valence-electron chi connectivity index (χ3n) is 5.96. The fourth-order valence-electron chi connectivity index (χ4n) is 4.11. The Labute approximate surface area is 164 Å². The predicted octanol–water partition coefficient (Wildman–Crippen LogP) is 2.73. The van der Waals surface area contributed by atoms with E-state index in [2.05, 4.69) is 4.99 Å². The second kappa shape index (κ2) is 6.95. The lowest BCUT2D eigenvalue weighted by Gasteiger charge is -2.53. The highest BCUT2D eigenvalue weighted by Crippen LogP contribution is 2.66. The molecule has 0 spiro atoms. The van der Waals surface area contributed by atoms with Gasteiger partial charge in [0.25, 0.3) is 0 Å². The number of nitrogens with zero attached hydrogens (tertiary/aromatic N) is 2. The first-order valence-corrected chi connectivity index (χ1v) is 11.1. The van der Waals surface area contributed by atoms with Gasteiger partial charge in [-0.25, -0.2) is 13.4 Å². The molecule has 156 valence electrons. The van der Waals surface area contributed by atoms with E-state index in [-0.39, 0.29) is 46.8 Å². The van der Waals surface area contributed by atoms with Crippen LogP contribution in [0.1, 0.15) is 36.5 Å². The molecule has 1 heterocycles. The summed E-state index contributed by atoms with van der Waals surface area (Å²) in [5.74, 6) is -4.61. The minimum absolute atomic E-state index is 0.00271. The third-order valence-corrected chi connectivity index (χ3v) is 7.67. The van der Waals surface area contributed by atoms with Crippen molar-refractivity contribution in [1.29, 1.82) is 0 Å². The average Bonchev–Trinajstić information content (AvgIpc) is 2.65. The zero-order chi connectivity index (χ0) is 20.9. The van der Waals surface area contributed by atoms with Gasteiger partial charge in [-0.3, -0.25) is 0 Å². The van der Waals surface area contributed by atoms with Gasteiger partial charge in [0.15, 0.2) is 5.60 Å². The van der Waals surface area contributed by atoms with Crippen molar-refractivity contribution in [3.8, 4) is 5.75 Å². The van der Waals surface area contributed by atoms with E-state index in [0.717, 1.165) is 0 Å².